The third kappa shape index (κ3) is 8.66. The third-order valence-corrected chi connectivity index (χ3v) is 8.80. The van der Waals surface area contributed by atoms with Gasteiger partial charge in [-0.15, -0.1) is 0 Å². The largest absolute Gasteiger partial charge is 0.344 e. The molecule has 0 spiro atoms. The van der Waals surface area contributed by atoms with E-state index >= 15 is 0 Å². The van der Waals surface area contributed by atoms with Crippen LogP contribution in [0.25, 0.3) is 22.3 Å². The van der Waals surface area contributed by atoms with Crippen LogP contribution in [0.15, 0.2) is 78.1 Å². The van der Waals surface area contributed by atoms with Crippen LogP contribution in [0, 0.1) is 6.92 Å². The minimum Gasteiger partial charge on any atom is -0.312 e. The minimum atomic E-state index is -0.315. The summed E-state index contributed by atoms with van der Waals surface area (Å²) in [6.07, 6.45) is 9.60. The van der Waals surface area contributed by atoms with Crippen molar-refractivity contribution in [2.45, 2.75) is 44.9 Å². The summed E-state index contributed by atoms with van der Waals surface area (Å²) < 4.78 is 0. The van der Waals surface area contributed by atoms with E-state index in [9.17, 15) is 4.79 Å². The highest BCUT2D eigenvalue weighted by atomic mass is 16.1. The van der Waals surface area contributed by atoms with Crippen molar-refractivity contribution in [2.24, 2.45) is 0 Å². The number of hydrogen-bond donors (Lipinski definition) is 1. The van der Waals surface area contributed by atoms with Crippen molar-refractivity contribution >= 4 is 0 Å². The molecule has 2 aromatic carbocycles. The lowest BCUT2D eigenvalue weighted by atomic mass is 10.1. The zero-order valence-electron chi connectivity index (χ0n) is 26.8. The first-order chi connectivity index (χ1) is 21.2. The topological polar surface area (TPSA) is 84.5 Å². The highest BCUT2D eigenvalue weighted by molar-refractivity contribution is 5.62. The van der Waals surface area contributed by atoms with Crippen molar-refractivity contribution < 1.29 is 0 Å². The van der Waals surface area contributed by atoms with Gasteiger partial charge in [-0.05, 0) is 70.2 Å². The number of aromatic amines is 1. The van der Waals surface area contributed by atoms with Gasteiger partial charge in [0.2, 0.25) is 0 Å². The Labute approximate surface area is 261 Å². The number of nitrogens with zero attached hydrogens (tertiary/aromatic N) is 7. The molecule has 2 fully saturated rings. The number of likely N-dealkylation sites (N-methyl/N-ethyl adjacent to an activating group) is 2. The molecule has 44 heavy (non-hydrogen) atoms. The van der Waals surface area contributed by atoms with E-state index in [-0.39, 0.29) is 5.69 Å². The number of benzene rings is 2. The molecule has 2 unspecified atom stereocenters. The third-order valence-electron chi connectivity index (χ3n) is 8.80. The van der Waals surface area contributed by atoms with Gasteiger partial charge in [0.25, 0.3) is 0 Å². The van der Waals surface area contributed by atoms with Crippen molar-refractivity contribution in [1.29, 1.82) is 0 Å². The molecular weight excluding hydrogens is 548 g/mol. The Morgan fingerprint density at radius 3 is 1.55 bits per heavy atom. The fourth-order valence-corrected chi connectivity index (χ4v) is 5.92. The van der Waals surface area contributed by atoms with Crippen molar-refractivity contribution in [3.05, 3.63) is 101 Å². The zero-order valence-corrected chi connectivity index (χ0v) is 26.8. The molecule has 2 aliphatic heterocycles. The van der Waals surface area contributed by atoms with Crippen LogP contribution in [0.1, 0.15) is 29.8 Å². The maximum Gasteiger partial charge on any atom is 0.344 e. The summed E-state index contributed by atoms with van der Waals surface area (Å²) >= 11 is 0. The van der Waals surface area contributed by atoms with Crippen LogP contribution in [-0.2, 0) is 13.1 Å². The van der Waals surface area contributed by atoms with E-state index in [0.717, 1.165) is 48.7 Å². The Morgan fingerprint density at radius 1 is 0.682 bits per heavy atom. The molecule has 0 aliphatic carbocycles. The molecule has 2 aromatic heterocycles. The predicted molar refractivity (Wildman–Crippen MR) is 177 cm³/mol. The van der Waals surface area contributed by atoms with E-state index in [1.165, 1.54) is 42.6 Å². The van der Waals surface area contributed by atoms with Gasteiger partial charge in [0.05, 0.1) is 0 Å². The maximum absolute atomic E-state index is 11.0. The first-order valence-electron chi connectivity index (χ1n) is 15.5. The van der Waals surface area contributed by atoms with E-state index in [1.54, 1.807) is 12.4 Å². The molecule has 232 valence electrons. The summed E-state index contributed by atoms with van der Waals surface area (Å²) in [7, 11) is 8.65. The molecule has 9 nitrogen and oxygen atoms in total. The molecule has 6 rings (SSSR count). The number of likely N-dealkylation sites (tertiary alicyclic amines) is 2. The van der Waals surface area contributed by atoms with Gasteiger partial charge >= 0.3 is 5.69 Å². The molecule has 1 N–H and O–H groups in total. The van der Waals surface area contributed by atoms with Gasteiger partial charge in [0, 0.05) is 87.3 Å². The second kappa shape index (κ2) is 14.8. The minimum absolute atomic E-state index is 0.315. The Hall–Kier alpha value is -3.76. The molecule has 2 atom stereocenters. The Morgan fingerprint density at radius 2 is 1.14 bits per heavy atom. The van der Waals surface area contributed by atoms with Gasteiger partial charge in [-0.1, -0.05) is 48.5 Å². The quantitative estimate of drug-likeness (QED) is 0.326. The Kier molecular flexibility index (Phi) is 10.7. The van der Waals surface area contributed by atoms with Crippen molar-refractivity contribution in [2.75, 3.05) is 54.4 Å². The summed E-state index contributed by atoms with van der Waals surface area (Å²) in [5.74, 6) is 0.810. The average molecular weight is 595 g/mol. The lowest BCUT2D eigenvalue weighted by Gasteiger charge is -2.20. The van der Waals surface area contributed by atoms with Crippen LogP contribution in [0.4, 0.5) is 0 Å². The molecule has 2 saturated heterocycles. The molecular formula is C35H46N8O. The van der Waals surface area contributed by atoms with Crippen molar-refractivity contribution in [1.82, 2.24) is 39.5 Å². The van der Waals surface area contributed by atoms with Crippen LogP contribution in [0.5, 0.6) is 0 Å². The Bertz CT molecular complexity index is 1500. The molecule has 0 saturated carbocycles. The van der Waals surface area contributed by atoms with E-state index in [2.05, 4.69) is 116 Å². The van der Waals surface area contributed by atoms with Crippen LogP contribution in [-0.4, -0.2) is 106 Å². The first kappa shape index (κ1) is 31.7. The van der Waals surface area contributed by atoms with E-state index in [1.807, 2.05) is 19.3 Å². The lowest BCUT2D eigenvalue weighted by Crippen LogP contribution is -2.31. The fourth-order valence-electron chi connectivity index (χ4n) is 5.92. The molecule has 9 heteroatoms. The molecule has 2 aliphatic rings. The predicted octanol–water partition coefficient (Wildman–Crippen LogP) is 4.16. The maximum atomic E-state index is 11.0. The molecule has 4 heterocycles. The van der Waals surface area contributed by atoms with E-state index in [0.29, 0.717) is 12.1 Å². The molecule has 0 bridgehead atoms. The SMILES string of the molecule is CN(C)C1CCN(Cc2ccc(-c3cnc(=O)[nH]c3)cc2)C1.Cc1ncc(-c2ccc(CN3CCC(N(C)C)C3)cc2)cn1. The number of H-pyrrole nitrogens is 1. The van der Waals surface area contributed by atoms with Crippen LogP contribution < -0.4 is 5.69 Å². The molecule has 0 radical (unpaired) electrons. The number of hydrogen-bond acceptors (Lipinski definition) is 8. The first-order valence-corrected chi connectivity index (χ1v) is 15.5. The second-order valence-electron chi connectivity index (χ2n) is 12.5. The number of aryl methyl sites for hydroxylation is 1. The standard InChI is InChI=1S/C18H24N4.C17H22N4O/c1-14-19-10-17(11-20-14)16-6-4-15(5-7-16)12-22-9-8-18(13-22)21(2)3;1-20(2)16-7-8-21(12-16)11-13-3-5-14(6-4-13)15-9-18-17(22)19-10-15/h4-7,10-11,18H,8-9,12-13H2,1-3H3;3-6,9-10,16H,7-8,11-12H2,1-2H3,(H,18,19,22). The van der Waals surface area contributed by atoms with Crippen molar-refractivity contribution in [3.63, 3.8) is 0 Å². The highest BCUT2D eigenvalue weighted by Crippen LogP contribution is 2.22. The Balaban J connectivity index is 0.000000175. The smallest absolute Gasteiger partial charge is 0.312 e. The summed E-state index contributed by atoms with van der Waals surface area (Å²) in [5, 5.41) is 0. The van der Waals surface area contributed by atoms with Crippen LogP contribution in [0.3, 0.4) is 0 Å². The van der Waals surface area contributed by atoms with E-state index in [4.69, 9.17) is 0 Å². The lowest BCUT2D eigenvalue weighted by molar-refractivity contribution is 0.264. The van der Waals surface area contributed by atoms with Gasteiger partial charge in [-0.25, -0.2) is 19.7 Å². The number of aromatic nitrogens is 4. The van der Waals surface area contributed by atoms with Crippen molar-refractivity contribution in [3.8, 4) is 22.3 Å². The average Bonchev–Trinajstić information content (AvgIpc) is 3.70. The van der Waals surface area contributed by atoms with Gasteiger partial charge < -0.3 is 14.8 Å². The summed E-state index contributed by atoms with van der Waals surface area (Å²) in [6.45, 7) is 8.59. The highest BCUT2D eigenvalue weighted by Gasteiger charge is 2.24. The van der Waals surface area contributed by atoms with Crippen LogP contribution >= 0.6 is 0 Å². The summed E-state index contributed by atoms with van der Waals surface area (Å²) in [5.41, 5.74) is 6.63. The number of nitrogens with one attached hydrogen (secondary N) is 1. The molecule has 4 aromatic rings. The van der Waals surface area contributed by atoms with Crippen LogP contribution in [0.2, 0.25) is 0 Å². The number of rotatable bonds is 8. The van der Waals surface area contributed by atoms with Gasteiger partial charge in [-0.2, -0.15) is 0 Å². The second-order valence-corrected chi connectivity index (χ2v) is 12.5. The van der Waals surface area contributed by atoms with Gasteiger partial charge in [0.15, 0.2) is 0 Å². The normalized spacial score (nSPS) is 19.0. The van der Waals surface area contributed by atoms with Gasteiger partial charge in [0.1, 0.15) is 5.82 Å². The summed E-state index contributed by atoms with van der Waals surface area (Å²) in [4.78, 5) is 35.6. The monoisotopic (exact) mass is 594 g/mol. The summed E-state index contributed by atoms with van der Waals surface area (Å²) in [6, 6.07) is 18.6. The zero-order chi connectivity index (χ0) is 31.1. The fraction of sp³-hybridized carbons (Fsp3) is 0.429. The molecule has 0 amide bonds. The van der Waals surface area contributed by atoms with Gasteiger partial charge in [-0.3, -0.25) is 9.80 Å². The van der Waals surface area contributed by atoms with E-state index < -0.39 is 0 Å².